The third-order valence-corrected chi connectivity index (χ3v) is 3.24. The smallest absolute Gasteiger partial charge is 0.325 e. The number of aromatic nitrogens is 2. The van der Waals surface area contributed by atoms with E-state index in [0.717, 1.165) is 15.6 Å². The summed E-state index contributed by atoms with van der Waals surface area (Å²) in [6, 6.07) is 7.02. The van der Waals surface area contributed by atoms with Crippen LogP contribution in [0.1, 0.15) is 6.92 Å². The molecule has 0 saturated heterocycles. The molecule has 6 heteroatoms. The predicted octanol–water partition coefficient (Wildman–Crippen LogP) is 2.79. The highest BCUT2D eigenvalue weighted by molar-refractivity contribution is 9.10. The molecule has 2 rings (SSSR count). The molecule has 0 aliphatic heterocycles. The van der Waals surface area contributed by atoms with E-state index < -0.39 is 12.0 Å². The predicted molar refractivity (Wildman–Crippen MR) is 75.9 cm³/mol. The number of hydrogen-bond donors (Lipinski definition) is 2. The third-order valence-electron chi connectivity index (χ3n) is 2.55. The highest BCUT2D eigenvalue weighted by Gasteiger charge is 2.11. The van der Waals surface area contributed by atoms with Gasteiger partial charge in [-0.05, 0) is 18.6 Å². The van der Waals surface area contributed by atoms with Crippen molar-refractivity contribution in [3.63, 3.8) is 0 Å². The molecule has 0 bridgehead atoms. The van der Waals surface area contributed by atoms with Gasteiger partial charge in [0, 0.05) is 22.4 Å². The number of anilines is 1. The minimum absolute atomic E-state index is 0.297. The lowest BCUT2D eigenvalue weighted by Crippen LogP contribution is -2.26. The Balaban J connectivity index is 2.19. The van der Waals surface area contributed by atoms with Gasteiger partial charge in [0.25, 0.3) is 0 Å². The molecule has 0 amide bonds. The molecular formula is C13H12BrN3O2. The summed E-state index contributed by atoms with van der Waals surface area (Å²) in [5, 5.41) is 11.5. The summed E-state index contributed by atoms with van der Waals surface area (Å²) >= 11 is 3.46. The van der Waals surface area contributed by atoms with Crippen LogP contribution >= 0.6 is 15.9 Å². The normalized spacial score (nSPS) is 11.9. The Morgan fingerprint density at radius 3 is 2.53 bits per heavy atom. The summed E-state index contributed by atoms with van der Waals surface area (Å²) in [6.45, 7) is 1.54. The molecule has 0 aliphatic rings. The number of carbonyl (C=O) groups is 1. The lowest BCUT2D eigenvalue weighted by molar-refractivity contribution is -0.137. The molecular weight excluding hydrogens is 310 g/mol. The second-order valence-electron chi connectivity index (χ2n) is 3.98. The van der Waals surface area contributed by atoms with Crippen LogP contribution in [0.25, 0.3) is 11.1 Å². The van der Waals surface area contributed by atoms with E-state index in [0.29, 0.717) is 5.95 Å². The van der Waals surface area contributed by atoms with Crippen LogP contribution in [0, 0.1) is 0 Å². The molecule has 1 aromatic heterocycles. The van der Waals surface area contributed by atoms with Crippen LogP contribution in [0.3, 0.4) is 0 Å². The summed E-state index contributed by atoms with van der Waals surface area (Å²) in [4.78, 5) is 18.9. The van der Waals surface area contributed by atoms with Crippen LogP contribution in [-0.4, -0.2) is 27.1 Å². The summed E-state index contributed by atoms with van der Waals surface area (Å²) in [6.07, 6.45) is 3.31. The zero-order valence-electron chi connectivity index (χ0n) is 10.2. The Hall–Kier alpha value is -1.95. The van der Waals surface area contributed by atoms with E-state index in [1.165, 1.54) is 6.92 Å². The van der Waals surface area contributed by atoms with E-state index in [4.69, 9.17) is 5.11 Å². The van der Waals surface area contributed by atoms with Gasteiger partial charge in [0.05, 0.1) is 0 Å². The van der Waals surface area contributed by atoms with Crippen molar-refractivity contribution in [2.45, 2.75) is 13.0 Å². The Morgan fingerprint density at radius 1 is 1.32 bits per heavy atom. The molecule has 19 heavy (non-hydrogen) atoms. The number of halogens is 1. The lowest BCUT2D eigenvalue weighted by atomic mass is 10.1. The third kappa shape index (κ3) is 3.29. The first kappa shape index (κ1) is 13.5. The quantitative estimate of drug-likeness (QED) is 0.905. The summed E-state index contributed by atoms with van der Waals surface area (Å²) in [7, 11) is 0. The van der Waals surface area contributed by atoms with E-state index in [1.807, 2.05) is 24.3 Å². The second kappa shape index (κ2) is 5.79. The molecule has 0 radical (unpaired) electrons. The van der Waals surface area contributed by atoms with Crippen molar-refractivity contribution in [1.29, 1.82) is 0 Å². The van der Waals surface area contributed by atoms with Crippen molar-refractivity contribution >= 4 is 27.8 Å². The first-order valence-electron chi connectivity index (χ1n) is 5.64. The van der Waals surface area contributed by atoms with Crippen LogP contribution in [0.2, 0.25) is 0 Å². The average molecular weight is 322 g/mol. The van der Waals surface area contributed by atoms with E-state index in [-0.39, 0.29) is 0 Å². The molecule has 2 N–H and O–H groups in total. The Morgan fingerprint density at radius 2 is 1.95 bits per heavy atom. The monoisotopic (exact) mass is 321 g/mol. The van der Waals surface area contributed by atoms with Crippen molar-refractivity contribution in [2.75, 3.05) is 5.32 Å². The van der Waals surface area contributed by atoms with Gasteiger partial charge in [0.15, 0.2) is 0 Å². The summed E-state index contributed by atoms with van der Waals surface area (Å²) in [5.41, 5.74) is 1.85. The maximum atomic E-state index is 10.7. The SMILES string of the molecule is CC(Nc1ncc(-c2ccccc2Br)cn1)C(=O)O. The van der Waals surface area contributed by atoms with Crippen LogP contribution in [-0.2, 0) is 4.79 Å². The fourth-order valence-electron chi connectivity index (χ4n) is 1.49. The van der Waals surface area contributed by atoms with Gasteiger partial charge in [-0.2, -0.15) is 0 Å². The molecule has 98 valence electrons. The molecule has 0 fully saturated rings. The number of aliphatic carboxylic acids is 1. The van der Waals surface area contributed by atoms with Gasteiger partial charge in [0.2, 0.25) is 5.95 Å². The van der Waals surface area contributed by atoms with Crippen molar-refractivity contribution < 1.29 is 9.90 Å². The number of carboxylic acid groups (broad SMARTS) is 1. The van der Waals surface area contributed by atoms with Crippen molar-refractivity contribution in [3.05, 3.63) is 41.1 Å². The van der Waals surface area contributed by atoms with Gasteiger partial charge in [-0.3, -0.25) is 4.79 Å². The first-order chi connectivity index (χ1) is 9.08. The topological polar surface area (TPSA) is 75.1 Å². The standard InChI is InChI=1S/C13H12BrN3O2/c1-8(12(18)19)17-13-15-6-9(7-16-13)10-4-2-3-5-11(10)14/h2-8H,1H3,(H,18,19)(H,15,16,17). The van der Waals surface area contributed by atoms with Crippen LogP contribution in [0.5, 0.6) is 0 Å². The highest BCUT2D eigenvalue weighted by Crippen LogP contribution is 2.26. The molecule has 2 aromatic rings. The van der Waals surface area contributed by atoms with Crippen molar-refractivity contribution in [2.24, 2.45) is 0 Å². The molecule has 0 aliphatic carbocycles. The Labute approximate surface area is 118 Å². The van der Waals surface area contributed by atoms with Crippen LogP contribution in [0.4, 0.5) is 5.95 Å². The number of benzene rings is 1. The first-order valence-corrected chi connectivity index (χ1v) is 6.43. The molecule has 1 aromatic carbocycles. The minimum atomic E-state index is -0.946. The van der Waals surface area contributed by atoms with E-state index in [1.54, 1.807) is 12.4 Å². The van der Waals surface area contributed by atoms with Gasteiger partial charge >= 0.3 is 5.97 Å². The Bertz CT molecular complexity index is 587. The van der Waals surface area contributed by atoms with Crippen LogP contribution < -0.4 is 5.32 Å². The number of nitrogens with one attached hydrogen (secondary N) is 1. The zero-order valence-corrected chi connectivity index (χ0v) is 11.8. The largest absolute Gasteiger partial charge is 0.480 e. The number of carboxylic acids is 1. The van der Waals surface area contributed by atoms with E-state index >= 15 is 0 Å². The fourth-order valence-corrected chi connectivity index (χ4v) is 2.01. The Kier molecular flexibility index (Phi) is 4.11. The number of hydrogen-bond acceptors (Lipinski definition) is 4. The molecule has 1 atom stereocenters. The molecule has 1 heterocycles. The van der Waals surface area contributed by atoms with Crippen molar-refractivity contribution in [1.82, 2.24) is 9.97 Å². The van der Waals surface area contributed by atoms with E-state index in [9.17, 15) is 4.79 Å². The van der Waals surface area contributed by atoms with Crippen molar-refractivity contribution in [3.8, 4) is 11.1 Å². The van der Waals surface area contributed by atoms with Gasteiger partial charge < -0.3 is 10.4 Å². The zero-order chi connectivity index (χ0) is 13.8. The molecule has 0 saturated carbocycles. The number of nitrogens with zero attached hydrogens (tertiary/aromatic N) is 2. The minimum Gasteiger partial charge on any atom is -0.480 e. The van der Waals surface area contributed by atoms with Crippen LogP contribution in [0.15, 0.2) is 41.1 Å². The molecule has 5 nitrogen and oxygen atoms in total. The van der Waals surface area contributed by atoms with Gasteiger partial charge in [-0.25, -0.2) is 9.97 Å². The summed E-state index contributed by atoms with van der Waals surface area (Å²) in [5.74, 6) is -0.649. The summed E-state index contributed by atoms with van der Waals surface area (Å²) < 4.78 is 0.957. The maximum Gasteiger partial charge on any atom is 0.325 e. The number of rotatable bonds is 4. The average Bonchev–Trinajstić information content (AvgIpc) is 2.40. The van der Waals surface area contributed by atoms with E-state index in [2.05, 4.69) is 31.2 Å². The van der Waals surface area contributed by atoms with Gasteiger partial charge in [0.1, 0.15) is 6.04 Å². The fraction of sp³-hybridized carbons (Fsp3) is 0.154. The van der Waals surface area contributed by atoms with Gasteiger partial charge in [-0.1, -0.05) is 34.1 Å². The molecule has 1 unspecified atom stereocenters. The van der Waals surface area contributed by atoms with Gasteiger partial charge in [-0.15, -0.1) is 0 Å². The second-order valence-corrected chi connectivity index (χ2v) is 4.83. The molecule has 0 spiro atoms. The lowest BCUT2D eigenvalue weighted by Gasteiger charge is -2.09. The maximum absolute atomic E-state index is 10.7. The highest BCUT2D eigenvalue weighted by atomic mass is 79.9.